The van der Waals surface area contributed by atoms with E-state index in [-0.39, 0.29) is 0 Å². The van der Waals surface area contributed by atoms with Crippen LogP contribution in [0, 0.1) is 11.3 Å². The molecule has 0 radical (unpaired) electrons. The first kappa shape index (κ1) is 22.5. The zero-order chi connectivity index (χ0) is 24.0. The van der Waals surface area contributed by atoms with Crippen LogP contribution in [0.3, 0.4) is 0 Å². The molecule has 0 atom stereocenters. The molecule has 0 saturated heterocycles. The van der Waals surface area contributed by atoms with Crippen LogP contribution in [0.4, 0.5) is 11.4 Å². The summed E-state index contributed by atoms with van der Waals surface area (Å²) in [5.74, 6) is 1.56. The summed E-state index contributed by atoms with van der Waals surface area (Å²) in [6, 6.07) is 26.2. The van der Waals surface area contributed by atoms with Crippen LogP contribution in [-0.4, -0.2) is 18.4 Å². The number of anilines is 2. The van der Waals surface area contributed by atoms with Gasteiger partial charge in [-0.3, -0.25) is 4.99 Å². The minimum Gasteiger partial charge on any atom is -0.488 e. The third-order valence-corrected chi connectivity index (χ3v) is 6.52. The molecule has 1 aliphatic carbocycles. The highest BCUT2D eigenvalue weighted by Gasteiger charge is 2.24. The summed E-state index contributed by atoms with van der Waals surface area (Å²) in [4.78, 5) is 4.52. The minimum absolute atomic E-state index is 0.385. The minimum atomic E-state index is 0.385. The molecule has 1 aliphatic heterocycles. The first-order valence-corrected chi connectivity index (χ1v) is 12.1. The van der Waals surface area contributed by atoms with Crippen LogP contribution in [0.2, 0.25) is 0 Å². The van der Waals surface area contributed by atoms with Gasteiger partial charge in [0.05, 0.1) is 12.1 Å². The molecule has 6 heteroatoms. The normalized spacial score (nSPS) is 16.6. The Bertz CT molecular complexity index is 1300. The van der Waals surface area contributed by atoms with Gasteiger partial charge in [-0.1, -0.05) is 49.2 Å². The van der Waals surface area contributed by atoms with Crippen molar-refractivity contribution in [2.45, 2.75) is 38.3 Å². The summed E-state index contributed by atoms with van der Waals surface area (Å²) in [5.41, 5.74) is 12.9. The van der Waals surface area contributed by atoms with Crippen molar-refractivity contribution in [2.75, 3.05) is 11.9 Å². The predicted molar refractivity (Wildman–Crippen MR) is 140 cm³/mol. The predicted octanol–water partition coefficient (Wildman–Crippen LogP) is 5.49. The number of amidine groups is 1. The van der Waals surface area contributed by atoms with Gasteiger partial charge in [0.15, 0.2) is 0 Å². The molecule has 5 rings (SSSR count). The van der Waals surface area contributed by atoms with Gasteiger partial charge in [0.25, 0.3) is 0 Å². The lowest BCUT2D eigenvalue weighted by Crippen LogP contribution is -2.40. The Morgan fingerprint density at radius 1 is 1.00 bits per heavy atom. The number of rotatable bonds is 7. The van der Waals surface area contributed by atoms with Crippen LogP contribution in [0.5, 0.6) is 5.75 Å². The van der Waals surface area contributed by atoms with Crippen LogP contribution in [0.25, 0.3) is 5.70 Å². The van der Waals surface area contributed by atoms with E-state index in [1.807, 2.05) is 66.7 Å². The van der Waals surface area contributed by atoms with Gasteiger partial charge >= 0.3 is 0 Å². The number of benzene rings is 3. The molecule has 0 amide bonds. The van der Waals surface area contributed by atoms with Crippen molar-refractivity contribution in [2.24, 2.45) is 10.7 Å². The van der Waals surface area contributed by atoms with E-state index in [4.69, 9.17) is 10.5 Å². The first-order valence-electron chi connectivity index (χ1n) is 12.1. The Kier molecular flexibility index (Phi) is 6.67. The van der Waals surface area contributed by atoms with Crippen molar-refractivity contribution < 1.29 is 4.74 Å². The second kappa shape index (κ2) is 10.4. The third-order valence-electron chi connectivity index (χ3n) is 6.52. The van der Waals surface area contributed by atoms with Crippen LogP contribution >= 0.6 is 0 Å². The average molecular weight is 464 g/mol. The van der Waals surface area contributed by atoms with Crippen molar-refractivity contribution in [1.29, 1.82) is 5.26 Å². The quantitative estimate of drug-likeness (QED) is 0.430. The van der Waals surface area contributed by atoms with E-state index in [1.165, 1.54) is 25.7 Å². The topological polar surface area (TPSA) is 95.5 Å². The third kappa shape index (κ3) is 5.30. The second-order valence-corrected chi connectivity index (χ2v) is 8.98. The van der Waals surface area contributed by atoms with Crippen LogP contribution in [0.1, 0.15) is 42.4 Å². The SMILES string of the molecule is N#Cc1ccccc1OCc1cccc(Nc2ccc(/C(N)=C3\CN=C3NC3CCCC3)cc2)c1. The van der Waals surface area contributed by atoms with Gasteiger partial charge < -0.3 is 21.1 Å². The lowest BCUT2D eigenvalue weighted by atomic mass is 10.0. The molecule has 0 spiro atoms. The lowest BCUT2D eigenvalue weighted by Gasteiger charge is -2.25. The average Bonchev–Trinajstić information content (AvgIpc) is 3.40. The molecule has 1 heterocycles. The monoisotopic (exact) mass is 463 g/mol. The Balaban J connectivity index is 1.21. The molecular weight excluding hydrogens is 434 g/mol. The van der Waals surface area contributed by atoms with Gasteiger partial charge in [-0.05, 0) is 60.4 Å². The Hall–Kier alpha value is -4.24. The number of ether oxygens (including phenoxy) is 1. The van der Waals surface area contributed by atoms with Crippen molar-refractivity contribution in [3.8, 4) is 11.8 Å². The fraction of sp³-hybridized carbons (Fsp3) is 0.241. The fourth-order valence-electron chi connectivity index (χ4n) is 4.51. The number of aliphatic imine (C=N–C) groups is 1. The van der Waals surface area contributed by atoms with Gasteiger partial charge in [0.1, 0.15) is 24.3 Å². The van der Waals surface area contributed by atoms with Crippen molar-refractivity contribution >= 4 is 22.9 Å². The van der Waals surface area contributed by atoms with E-state index in [0.717, 1.165) is 39.6 Å². The smallest absolute Gasteiger partial charge is 0.137 e. The summed E-state index contributed by atoms with van der Waals surface area (Å²) < 4.78 is 5.87. The molecule has 2 aliphatic rings. The van der Waals surface area contributed by atoms with Gasteiger partial charge in [-0.25, -0.2) is 0 Å². The van der Waals surface area contributed by atoms with Gasteiger partial charge in [0, 0.05) is 28.7 Å². The maximum Gasteiger partial charge on any atom is 0.137 e. The Morgan fingerprint density at radius 2 is 1.80 bits per heavy atom. The number of hydrogen-bond acceptors (Lipinski definition) is 6. The highest BCUT2D eigenvalue weighted by molar-refractivity contribution is 6.09. The highest BCUT2D eigenvalue weighted by atomic mass is 16.5. The van der Waals surface area contributed by atoms with Crippen LogP contribution < -0.4 is 21.1 Å². The van der Waals surface area contributed by atoms with Crippen LogP contribution in [-0.2, 0) is 6.61 Å². The van der Waals surface area contributed by atoms with E-state index < -0.39 is 0 Å². The number of nitrogens with one attached hydrogen (secondary N) is 2. The molecule has 3 aromatic carbocycles. The zero-order valence-electron chi connectivity index (χ0n) is 19.6. The van der Waals surface area contributed by atoms with E-state index in [2.05, 4.69) is 21.7 Å². The van der Waals surface area contributed by atoms with Crippen molar-refractivity contribution in [1.82, 2.24) is 5.32 Å². The summed E-state index contributed by atoms with van der Waals surface area (Å²) >= 11 is 0. The summed E-state index contributed by atoms with van der Waals surface area (Å²) in [6.45, 7) is 1.06. The van der Waals surface area contributed by atoms with Gasteiger partial charge in [0.2, 0.25) is 0 Å². The lowest BCUT2D eigenvalue weighted by molar-refractivity contribution is 0.305. The van der Waals surface area contributed by atoms with E-state index in [0.29, 0.717) is 30.5 Å². The molecule has 35 heavy (non-hydrogen) atoms. The summed E-state index contributed by atoms with van der Waals surface area (Å²) in [6.07, 6.45) is 5.01. The summed E-state index contributed by atoms with van der Waals surface area (Å²) in [5, 5.41) is 16.2. The van der Waals surface area contributed by atoms with Crippen molar-refractivity contribution in [3.05, 3.63) is 95.1 Å². The van der Waals surface area contributed by atoms with E-state index in [9.17, 15) is 5.26 Å². The molecule has 0 unspecified atom stereocenters. The molecular formula is C29H29N5O. The molecule has 0 bridgehead atoms. The maximum absolute atomic E-state index is 9.24. The van der Waals surface area contributed by atoms with Crippen LogP contribution in [0.15, 0.2) is 83.4 Å². The number of para-hydroxylation sites is 1. The Labute approximate surface area is 206 Å². The van der Waals surface area contributed by atoms with E-state index >= 15 is 0 Å². The first-order chi connectivity index (χ1) is 17.2. The molecule has 1 fully saturated rings. The highest BCUT2D eigenvalue weighted by Crippen LogP contribution is 2.26. The van der Waals surface area contributed by atoms with Gasteiger partial charge in [-0.2, -0.15) is 5.26 Å². The molecule has 1 saturated carbocycles. The fourth-order valence-corrected chi connectivity index (χ4v) is 4.51. The maximum atomic E-state index is 9.24. The molecule has 4 N–H and O–H groups in total. The Morgan fingerprint density at radius 3 is 2.54 bits per heavy atom. The van der Waals surface area contributed by atoms with E-state index in [1.54, 1.807) is 6.07 Å². The largest absolute Gasteiger partial charge is 0.488 e. The summed E-state index contributed by atoms with van der Waals surface area (Å²) in [7, 11) is 0. The standard InChI is InChI=1S/C29H29N5O/c30-17-22-7-1-4-11-27(22)35-19-20-6-5-10-25(16-20)33-24-14-12-21(13-15-24)28(31)26-18-32-29(26)34-23-8-2-3-9-23/h1,4-7,10-16,23,33H,2-3,8-9,18-19,31H2,(H,32,34)/b28-26-. The number of nitriles is 1. The second-order valence-electron chi connectivity index (χ2n) is 8.98. The molecule has 3 aromatic rings. The number of nitrogens with zero attached hydrogens (tertiary/aromatic N) is 2. The van der Waals surface area contributed by atoms with Crippen molar-refractivity contribution in [3.63, 3.8) is 0 Å². The zero-order valence-corrected chi connectivity index (χ0v) is 19.6. The molecule has 176 valence electrons. The van der Waals surface area contributed by atoms with Gasteiger partial charge in [-0.15, -0.1) is 0 Å². The number of nitrogens with two attached hydrogens (primary N) is 1. The molecule has 6 nitrogen and oxygen atoms in total. The molecule has 0 aromatic heterocycles. The number of hydrogen-bond donors (Lipinski definition) is 3.